The van der Waals surface area contributed by atoms with E-state index in [9.17, 15) is 4.79 Å². The van der Waals surface area contributed by atoms with Gasteiger partial charge in [0.25, 0.3) is 5.91 Å². The lowest BCUT2D eigenvalue weighted by atomic mass is 9.95. The lowest BCUT2D eigenvalue weighted by Gasteiger charge is -2.31. The van der Waals surface area contributed by atoms with Crippen LogP contribution in [0, 0.1) is 0 Å². The van der Waals surface area contributed by atoms with Crippen molar-refractivity contribution >= 4 is 16.9 Å². The summed E-state index contributed by atoms with van der Waals surface area (Å²) in [5.41, 5.74) is 2.60. The van der Waals surface area contributed by atoms with Crippen LogP contribution in [0.4, 0.5) is 0 Å². The zero-order valence-corrected chi connectivity index (χ0v) is 15.6. The molecule has 6 nitrogen and oxygen atoms in total. The number of hydrogen-bond acceptors (Lipinski definition) is 4. The first-order chi connectivity index (χ1) is 13.2. The summed E-state index contributed by atoms with van der Waals surface area (Å²) in [5.74, 6) is 2.40. The maximum absolute atomic E-state index is 13.0. The molecule has 2 heterocycles. The third-order valence-electron chi connectivity index (χ3n) is 5.21. The Bertz CT molecular complexity index is 925. The average Bonchev–Trinajstić information content (AvgIpc) is 3.17. The fraction of sp³-hybridized carbons (Fsp3) is 0.333. The van der Waals surface area contributed by atoms with E-state index in [0.29, 0.717) is 36.1 Å². The predicted octanol–water partition coefficient (Wildman–Crippen LogP) is 3.60. The van der Waals surface area contributed by atoms with Gasteiger partial charge in [-0.1, -0.05) is 18.2 Å². The van der Waals surface area contributed by atoms with Crippen molar-refractivity contribution in [2.45, 2.75) is 18.8 Å². The van der Waals surface area contributed by atoms with Crippen LogP contribution in [-0.4, -0.2) is 48.1 Å². The van der Waals surface area contributed by atoms with Crippen molar-refractivity contribution in [1.29, 1.82) is 0 Å². The number of piperidine rings is 1. The number of hydrogen-bond donors (Lipinski definition) is 1. The van der Waals surface area contributed by atoms with Gasteiger partial charge >= 0.3 is 0 Å². The molecule has 1 aliphatic rings. The quantitative estimate of drug-likeness (QED) is 0.767. The van der Waals surface area contributed by atoms with Crippen molar-refractivity contribution in [3.8, 4) is 11.5 Å². The zero-order valence-electron chi connectivity index (χ0n) is 15.6. The first kappa shape index (κ1) is 17.4. The van der Waals surface area contributed by atoms with Crippen molar-refractivity contribution in [2.24, 2.45) is 0 Å². The number of aromatic amines is 1. The number of aromatic nitrogens is 2. The summed E-state index contributed by atoms with van der Waals surface area (Å²) in [7, 11) is 3.13. The minimum absolute atomic E-state index is 0.0196. The van der Waals surface area contributed by atoms with Gasteiger partial charge in [-0.3, -0.25) is 4.79 Å². The average molecular weight is 365 g/mol. The van der Waals surface area contributed by atoms with Gasteiger partial charge in [0.2, 0.25) is 0 Å². The second-order valence-electron chi connectivity index (χ2n) is 6.75. The predicted molar refractivity (Wildman–Crippen MR) is 104 cm³/mol. The van der Waals surface area contributed by atoms with Crippen molar-refractivity contribution in [2.75, 3.05) is 27.3 Å². The topological polar surface area (TPSA) is 67.5 Å². The van der Waals surface area contributed by atoms with Gasteiger partial charge in [-0.2, -0.15) is 0 Å². The fourth-order valence-electron chi connectivity index (χ4n) is 3.75. The summed E-state index contributed by atoms with van der Waals surface area (Å²) in [6, 6.07) is 13.5. The zero-order chi connectivity index (χ0) is 18.8. The number of ether oxygens (including phenoxy) is 2. The number of methoxy groups -OCH3 is 2. The summed E-state index contributed by atoms with van der Waals surface area (Å²) in [6.07, 6.45) is 1.77. The maximum atomic E-state index is 13.0. The third kappa shape index (κ3) is 3.23. The van der Waals surface area contributed by atoms with Crippen LogP contribution in [0.15, 0.2) is 42.5 Å². The van der Waals surface area contributed by atoms with Gasteiger partial charge in [0.1, 0.15) is 5.82 Å². The molecule has 0 unspecified atom stereocenters. The molecule has 6 heteroatoms. The number of carbonyl (C=O) groups excluding carboxylic acids is 1. The number of carbonyl (C=O) groups is 1. The molecule has 2 aromatic carbocycles. The van der Waals surface area contributed by atoms with Crippen LogP contribution in [0.5, 0.6) is 11.5 Å². The molecule has 140 valence electrons. The molecule has 0 saturated carbocycles. The van der Waals surface area contributed by atoms with E-state index in [1.54, 1.807) is 26.4 Å². The highest BCUT2D eigenvalue weighted by atomic mass is 16.5. The van der Waals surface area contributed by atoms with Crippen LogP contribution in [0.2, 0.25) is 0 Å². The number of para-hydroxylation sites is 3. The molecule has 3 aromatic rings. The summed E-state index contributed by atoms with van der Waals surface area (Å²) in [5, 5.41) is 0. The van der Waals surface area contributed by atoms with Crippen molar-refractivity contribution in [3.63, 3.8) is 0 Å². The number of rotatable bonds is 4. The van der Waals surface area contributed by atoms with Gasteiger partial charge < -0.3 is 19.4 Å². The fourth-order valence-corrected chi connectivity index (χ4v) is 3.75. The minimum atomic E-state index is -0.0196. The van der Waals surface area contributed by atoms with E-state index in [2.05, 4.69) is 4.98 Å². The van der Waals surface area contributed by atoms with E-state index < -0.39 is 0 Å². The Hall–Kier alpha value is -3.02. The molecule has 1 N–H and O–H groups in total. The number of fused-ring (bicyclic) bond motifs is 1. The van der Waals surface area contributed by atoms with E-state index in [4.69, 9.17) is 14.5 Å². The largest absolute Gasteiger partial charge is 0.493 e. The molecule has 1 aliphatic heterocycles. The number of amides is 1. The highest BCUT2D eigenvalue weighted by Gasteiger charge is 2.28. The second kappa shape index (κ2) is 7.31. The number of nitrogens with zero attached hydrogens (tertiary/aromatic N) is 2. The smallest absolute Gasteiger partial charge is 0.257 e. The molecule has 1 aromatic heterocycles. The van der Waals surface area contributed by atoms with Gasteiger partial charge in [-0.05, 0) is 37.1 Å². The number of H-pyrrole nitrogens is 1. The molecule has 0 radical (unpaired) electrons. The Balaban J connectivity index is 1.48. The van der Waals surface area contributed by atoms with Gasteiger partial charge in [-0.15, -0.1) is 0 Å². The van der Waals surface area contributed by atoms with Crippen LogP contribution in [-0.2, 0) is 0 Å². The van der Waals surface area contributed by atoms with E-state index in [-0.39, 0.29) is 5.91 Å². The first-order valence-electron chi connectivity index (χ1n) is 9.16. The first-order valence-corrected chi connectivity index (χ1v) is 9.16. The van der Waals surface area contributed by atoms with E-state index in [0.717, 1.165) is 29.7 Å². The molecule has 0 atom stereocenters. The highest BCUT2D eigenvalue weighted by molar-refractivity contribution is 5.98. The maximum Gasteiger partial charge on any atom is 0.257 e. The van der Waals surface area contributed by atoms with Gasteiger partial charge in [0.15, 0.2) is 11.5 Å². The molecule has 0 spiro atoms. The number of benzene rings is 2. The van der Waals surface area contributed by atoms with Crippen molar-refractivity contribution in [3.05, 3.63) is 53.9 Å². The Labute approximate surface area is 158 Å². The van der Waals surface area contributed by atoms with Gasteiger partial charge in [0, 0.05) is 19.0 Å². The van der Waals surface area contributed by atoms with E-state index >= 15 is 0 Å². The van der Waals surface area contributed by atoms with Gasteiger partial charge in [-0.25, -0.2) is 4.98 Å². The summed E-state index contributed by atoms with van der Waals surface area (Å²) in [6.45, 7) is 1.39. The standard InChI is InChI=1S/C21H23N3O3/c1-26-18-9-5-6-15(19(18)27-2)21(25)24-12-10-14(11-13-24)20-22-16-7-3-4-8-17(16)23-20/h3-9,14H,10-13H2,1-2H3,(H,22,23). The van der Waals surface area contributed by atoms with E-state index in [1.165, 1.54) is 0 Å². The SMILES string of the molecule is COc1cccc(C(=O)N2CCC(c3nc4ccccc4[nH]3)CC2)c1OC. The molecule has 1 saturated heterocycles. The second-order valence-corrected chi connectivity index (χ2v) is 6.75. The van der Waals surface area contributed by atoms with Crippen LogP contribution < -0.4 is 9.47 Å². The van der Waals surface area contributed by atoms with Crippen molar-refractivity contribution in [1.82, 2.24) is 14.9 Å². The Kier molecular flexibility index (Phi) is 4.71. The molecule has 4 rings (SSSR count). The lowest BCUT2D eigenvalue weighted by molar-refractivity contribution is 0.0707. The van der Waals surface area contributed by atoms with Gasteiger partial charge in [0.05, 0.1) is 30.8 Å². The number of imidazole rings is 1. The molecule has 0 bridgehead atoms. The van der Waals surface area contributed by atoms with Crippen LogP contribution in [0.1, 0.15) is 34.9 Å². The number of likely N-dealkylation sites (tertiary alicyclic amines) is 1. The lowest BCUT2D eigenvalue weighted by Crippen LogP contribution is -2.38. The van der Waals surface area contributed by atoms with Crippen LogP contribution in [0.25, 0.3) is 11.0 Å². The Morgan fingerprint density at radius 2 is 1.85 bits per heavy atom. The monoisotopic (exact) mass is 365 g/mol. The van der Waals surface area contributed by atoms with Crippen molar-refractivity contribution < 1.29 is 14.3 Å². The number of nitrogens with one attached hydrogen (secondary N) is 1. The summed E-state index contributed by atoms with van der Waals surface area (Å²) < 4.78 is 10.7. The third-order valence-corrected chi connectivity index (χ3v) is 5.21. The molecular weight excluding hydrogens is 342 g/mol. The van der Waals surface area contributed by atoms with E-state index in [1.807, 2.05) is 35.2 Å². The highest BCUT2D eigenvalue weighted by Crippen LogP contribution is 2.33. The molecule has 0 aliphatic carbocycles. The molecule has 1 fully saturated rings. The molecule has 27 heavy (non-hydrogen) atoms. The Morgan fingerprint density at radius 3 is 2.56 bits per heavy atom. The summed E-state index contributed by atoms with van der Waals surface area (Å²) in [4.78, 5) is 23.0. The normalized spacial score (nSPS) is 15.1. The van der Waals surface area contributed by atoms with Crippen LogP contribution >= 0.6 is 0 Å². The van der Waals surface area contributed by atoms with Crippen LogP contribution in [0.3, 0.4) is 0 Å². The minimum Gasteiger partial charge on any atom is -0.493 e. The summed E-state index contributed by atoms with van der Waals surface area (Å²) >= 11 is 0. The molecule has 1 amide bonds. The Morgan fingerprint density at radius 1 is 1.07 bits per heavy atom. The molecular formula is C21H23N3O3.